The van der Waals surface area contributed by atoms with Crippen molar-refractivity contribution in [3.8, 4) is 11.1 Å². The molecule has 1 unspecified atom stereocenters. The van der Waals surface area contributed by atoms with E-state index in [0.29, 0.717) is 25.8 Å². The Morgan fingerprint density at radius 2 is 1.61 bits per heavy atom. The second-order valence-electron chi connectivity index (χ2n) is 7.97. The fraction of sp³-hybridized carbons (Fsp3) is 0.400. The molecule has 0 heterocycles. The Morgan fingerprint density at radius 1 is 0.970 bits per heavy atom. The predicted molar refractivity (Wildman–Crippen MR) is 123 cm³/mol. The summed E-state index contributed by atoms with van der Waals surface area (Å²) in [6.45, 7) is 0.560. The minimum Gasteiger partial charge on any atom is -0.481 e. The highest BCUT2D eigenvalue weighted by molar-refractivity contribution is 5.86. The van der Waals surface area contributed by atoms with Crippen molar-refractivity contribution in [1.82, 2.24) is 10.6 Å². The first kappa shape index (κ1) is 24.3. The van der Waals surface area contributed by atoms with Crippen LogP contribution in [0, 0.1) is 0 Å². The van der Waals surface area contributed by atoms with Gasteiger partial charge in [0.15, 0.2) is 0 Å². The van der Waals surface area contributed by atoms with Crippen LogP contribution >= 0.6 is 0 Å². The third-order valence-corrected chi connectivity index (χ3v) is 5.65. The highest BCUT2D eigenvalue weighted by Crippen LogP contribution is 2.44. The molecule has 2 aromatic carbocycles. The summed E-state index contributed by atoms with van der Waals surface area (Å²) in [5.74, 6) is -1.27. The normalized spacial score (nSPS) is 13.0. The van der Waals surface area contributed by atoms with Gasteiger partial charge in [-0.05, 0) is 35.1 Å². The number of nitrogens with one attached hydrogen (secondary N) is 2. The van der Waals surface area contributed by atoms with Crippen molar-refractivity contribution in [1.29, 1.82) is 0 Å². The molecule has 3 rings (SSSR count). The van der Waals surface area contributed by atoms with E-state index in [1.165, 1.54) is 7.11 Å². The number of aliphatic carboxylic acids is 1. The van der Waals surface area contributed by atoms with E-state index in [-0.39, 0.29) is 31.5 Å². The molecule has 0 radical (unpaired) electrons. The van der Waals surface area contributed by atoms with Crippen LogP contribution in [0.4, 0.5) is 4.79 Å². The number of benzene rings is 2. The lowest BCUT2D eigenvalue weighted by molar-refractivity contribution is -0.137. The van der Waals surface area contributed by atoms with E-state index in [2.05, 4.69) is 22.8 Å². The maximum absolute atomic E-state index is 12.5. The summed E-state index contributed by atoms with van der Waals surface area (Å²) in [6, 6.07) is 15.3. The van der Waals surface area contributed by atoms with Gasteiger partial charge in [0, 0.05) is 26.0 Å². The molecule has 0 bridgehead atoms. The Balaban J connectivity index is 1.50. The zero-order valence-corrected chi connectivity index (χ0v) is 18.7. The maximum atomic E-state index is 12.5. The summed E-state index contributed by atoms with van der Waals surface area (Å²) in [5, 5.41) is 14.0. The molecule has 0 aromatic heterocycles. The molecule has 8 nitrogen and oxygen atoms in total. The molecule has 1 atom stereocenters. The SMILES string of the molecule is COCC(NC(=O)OCC1c2ccccc2-c2ccccc21)C(=O)NCCCCCC(=O)O. The number of unbranched alkanes of at least 4 members (excludes halogenated alkanes) is 2. The van der Waals surface area contributed by atoms with E-state index in [1.807, 2.05) is 36.4 Å². The standard InChI is InChI=1S/C25H30N2O6/c1-32-16-22(24(30)26-14-8-2-3-13-23(28)29)27-25(31)33-15-21-19-11-6-4-9-17(19)18-10-5-7-12-20(18)21/h4-7,9-12,21-22H,2-3,8,13-16H2,1H3,(H,26,30)(H,27,31)(H,28,29). The van der Waals surface area contributed by atoms with Gasteiger partial charge in [-0.2, -0.15) is 0 Å². The smallest absolute Gasteiger partial charge is 0.407 e. The number of carbonyl (C=O) groups excluding carboxylic acids is 2. The Morgan fingerprint density at radius 3 is 2.21 bits per heavy atom. The van der Waals surface area contributed by atoms with Gasteiger partial charge < -0.3 is 25.2 Å². The van der Waals surface area contributed by atoms with E-state index in [9.17, 15) is 14.4 Å². The zero-order chi connectivity index (χ0) is 23.6. The van der Waals surface area contributed by atoms with Crippen LogP contribution in [0.1, 0.15) is 42.7 Å². The second kappa shape index (κ2) is 12.0. The first-order valence-electron chi connectivity index (χ1n) is 11.1. The first-order valence-corrected chi connectivity index (χ1v) is 11.1. The molecule has 0 saturated heterocycles. The third-order valence-electron chi connectivity index (χ3n) is 5.65. The van der Waals surface area contributed by atoms with Gasteiger partial charge in [0.25, 0.3) is 0 Å². The minimum absolute atomic E-state index is 0.00897. The third kappa shape index (κ3) is 6.55. The van der Waals surface area contributed by atoms with Crippen LogP contribution in [0.2, 0.25) is 0 Å². The van der Waals surface area contributed by atoms with Crippen LogP contribution in [-0.2, 0) is 19.1 Å². The number of alkyl carbamates (subject to hydrolysis) is 1. The van der Waals surface area contributed by atoms with Gasteiger partial charge in [-0.25, -0.2) is 4.79 Å². The molecule has 3 N–H and O–H groups in total. The van der Waals surface area contributed by atoms with Crippen LogP contribution in [-0.4, -0.2) is 56.0 Å². The predicted octanol–water partition coefficient (Wildman–Crippen LogP) is 3.30. The fourth-order valence-electron chi connectivity index (χ4n) is 4.04. The van der Waals surface area contributed by atoms with Gasteiger partial charge in [0.05, 0.1) is 6.61 Å². The van der Waals surface area contributed by atoms with Crippen LogP contribution in [0.15, 0.2) is 48.5 Å². The van der Waals surface area contributed by atoms with Crippen LogP contribution < -0.4 is 10.6 Å². The summed E-state index contributed by atoms with van der Waals surface area (Å²) in [4.78, 5) is 35.4. The molecular formula is C25H30N2O6. The number of methoxy groups -OCH3 is 1. The number of carbonyl (C=O) groups is 3. The topological polar surface area (TPSA) is 114 Å². The van der Waals surface area contributed by atoms with Crippen LogP contribution in [0.5, 0.6) is 0 Å². The Bertz CT molecular complexity index is 931. The summed E-state index contributed by atoms with van der Waals surface area (Å²) in [7, 11) is 1.45. The van der Waals surface area contributed by atoms with Crippen LogP contribution in [0.25, 0.3) is 11.1 Å². The fourth-order valence-corrected chi connectivity index (χ4v) is 4.04. The lowest BCUT2D eigenvalue weighted by Gasteiger charge is -2.19. The van der Waals surface area contributed by atoms with Gasteiger partial charge in [0.2, 0.25) is 5.91 Å². The monoisotopic (exact) mass is 454 g/mol. The van der Waals surface area contributed by atoms with Gasteiger partial charge in [-0.15, -0.1) is 0 Å². The van der Waals surface area contributed by atoms with Crippen molar-refractivity contribution in [3.63, 3.8) is 0 Å². The van der Waals surface area contributed by atoms with E-state index >= 15 is 0 Å². The molecule has 0 fully saturated rings. The Labute approximate surface area is 193 Å². The van der Waals surface area contributed by atoms with Gasteiger partial charge in [-0.3, -0.25) is 9.59 Å². The highest BCUT2D eigenvalue weighted by Gasteiger charge is 2.29. The van der Waals surface area contributed by atoms with Gasteiger partial charge in [-0.1, -0.05) is 55.0 Å². The number of rotatable bonds is 12. The summed E-state index contributed by atoms with van der Waals surface area (Å²) >= 11 is 0. The van der Waals surface area contributed by atoms with Crippen molar-refractivity contribution in [3.05, 3.63) is 59.7 Å². The van der Waals surface area contributed by atoms with Gasteiger partial charge >= 0.3 is 12.1 Å². The number of hydrogen-bond acceptors (Lipinski definition) is 5. The summed E-state index contributed by atoms with van der Waals surface area (Å²) < 4.78 is 10.6. The Kier molecular flexibility index (Phi) is 8.83. The average Bonchev–Trinajstić information content (AvgIpc) is 3.13. The molecule has 0 aliphatic heterocycles. The molecule has 1 aliphatic rings. The highest BCUT2D eigenvalue weighted by atomic mass is 16.5. The number of carboxylic acids is 1. The van der Waals surface area contributed by atoms with E-state index in [1.54, 1.807) is 0 Å². The quantitative estimate of drug-likeness (QED) is 0.424. The number of amides is 2. The van der Waals surface area contributed by atoms with Crippen molar-refractivity contribution >= 4 is 18.0 Å². The second-order valence-corrected chi connectivity index (χ2v) is 7.97. The average molecular weight is 455 g/mol. The first-order chi connectivity index (χ1) is 16.0. The van der Waals surface area contributed by atoms with E-state index in [0.717, 1.165) is 22.3 Å². The molecule has 2 aromatic rings. The van der Waals surface area contributed by atoms with E-state index < -0.39 is 18.1 Å². The molecule has 8 heteroatoms. The molecule has 0 saturated carbocycles. The number of hydrogen-bond donors (Lipinski definition) is 3. The van der Waals surface area contributed by atoms with Crippen molar-refractivity contribution in [2.75, 3.05) is 26.9 Å². The molecule has 33 heavy (non-hydrogen) atoms. The molecule has 0 spiro atoms. The largest absolute Gasteiger partial charge is 0.481 e. The van der Waals surface area contributed by atoms with Crippen LogP contribution in [0.3, 0.4) is 0 Å². The maximum Gasteiger partial charge on any atom is 0.407 e. The number of fused-ring (bicyclic) bond motifs is 3. The zero-order valence-electron chi connectivity index (χ0n) is 18.7. The molecule has 2 amide bonds. The van der Waals surface area contributed by atoms with Crippen molar-refractivity contribution in [2.24, 2.45) is 0 Å². The van der Waals surface area contributed by atoms with Crippen molar-refractivity contribution < 1.29 is 29.0 Å². The Hall–Kier alpha value is -3.39. The number of ether oxygens (including phenoxy) is 2. The molecule has 176 valence electrons. The molecule has 1 aliphatic carbocycles. The minimum atomic E-state index is -0.885. The summed E-state index contributed by atoms with van der Waals surface area (Å²) in [5.41, 5.74) is 4.50. The molecular weight excluding hydrogens is 424 g/mol. The summed E-state index contributed by atoms with van der Waals surface area (Å²) in [6.07, 6.45) is 1.34. The van der Waals surface area contributed by atoms with Crippen molar-refractivity contribution in [2.45, 2.75) is 37.6 Å². The lowest BCUT2D eigenvalue weighted by atomic mass is 9.98. The van der Waals surface area contributed by atoms with E-state index in [4.69, 9.17) is 14.6 Å². The van der Waals surface area contributed by atoms with Gasteiger partial charge in [0.1, 0.15) is 12.6 Å². The lowest BCUT2D eigenvalue weighted by Crippen LogP contribution is -2.49. The number of carboxylic acid groups (broad SMARTS) is 1.